The van der Waals surface area contributed by atoms with E-state index in [9.17, 15) is 4.79 Å². The standard InChI is InChI=1S/C6H14N2O2.K.Na.2H/c7-4-2-1-3-5(8)6(9)10;;;;/h5H,1-4,7-8H2,(H,9,10);;;;. The second kappa shape index (κ2) is 13.0. The average molecular weight is 210 g/mol. The number of unbranched alkanes of at least 4 members (excludes halogenated alkanes) is 1. The number of rotatable bonds is 5. The Kier molecular flexibility index (Phi) is 21.3. The minimum atomic E-state index is -0.933. The van der Waals surface area contributed by atoms with Gasteiger partial charge in [0.15, 0.2) is 0 Å². The van der Waals surface area contributed by atoms with Gasteiger partial charge in [-0.05, 0) is 19.4 Å². The van der Waals surface area contributed by atoms with Gasteiger partial charge in [0.25, 0.3) is 0 Å². The van der Waals surface area contributed by atoms with Gasteiger partial charge in [-0.3, -0.25) is 4.79 Å². The maximum atomic E-state index is 10.1. The van der Waals surface area contributed by atoms with Crippen LogP contribution in [0.4, 0.5) is 0 Å². The molecule has 64 valence electrons. The number of carboxylic acids is 1. The van der Waals surface area contributed by atoms with E-state index in [1.165, 1.54) is 0 Å². The van der Waals surface area contributed by atoms with Gasteiger partial charge in [0.1, 0.15) is 6.04 Å². The molecule has 0 fully saturated rings. The number of carboxylic acid groups (broad SMARTS) is 1. The second-order valence-corrected chi connectivity index (χ2v) is 2.23. The zero-order valence-electron chi connectivity index (χ0n) is 5.92. The van der Waals surface area contributed by atoms with Crippen LogP contribution in [0.2, 0.25) is 0 Å². The minimum absolute atomic E-state index is 0. The molecular formula is C6H16KN2NaO2. The van der Waals surface area contributed by atoms with E-state index in [2.05, 4.69) is 0 Å². The Morgan fingerprint density at radius 3 is 2.25 bits per heavy atom. The van der Waals surface area contributed by atoms with Crippen LogP contribution < -0.4 is 11.5 Å². The number of aliphatic carboxylic acids is 1. The first-order valence-electron chi connectivity index (χ1n) is 3.37. The van der Waals surface area contributed by atoms with E-state index >= 15 is 0 Å². The SMILES string of the molecule is NCCCCC(N)C(=O)O.[KH].[NaH]. The summed E-state index contributed by atoms with van der Waals surface area (Å²) in [7, 11) is 0. The summed E-state index contributed by atoms with van der Waals surface area (Å²) in [6.07, 6.45) is 2.16. The number of nitrogens with two attached hydrogens (primary N) is 2. The predicted molar refractivity (Wildman–Crippen MR) is 52.8 cm³/mol. The van der Waals surface area contributed by atoms with E-state index in [0.717, 1.165) is 12.8 Å². The fraction of sp³-hybridized carbons (Fsp3) is 0.833. The maximum absolute atomic E-state index is 10.1. The quantitative estimate of drug-likeness (QED) is 0.370. The van der Waals surface area contributed by atoms with Crippen molar-refractivity contribution in [3.05, 3.63) is 0 Å². The van der Waals surface area contributed by atoms with Crippen LogP contribution in [0.3, 0.4) is 0 Å². The summed E-state index contributed by atoms with van der Waals surface area (Å²) < 4.78 is 0. The van der Waals surface area contributed by atoms with Crippen molar-refractivity contribution in [1.29, 1.82) is 0 Å². The van der Waals surface area contributed by atoms with Crippen molar-refractivity contribution >= 4 is 86.9 Å². The summed E-state index contributed by atoms with van der Waals surface area (Å²) in [5.74, 6) is -0.933. The molecule has 0 aliphatic heterocycles. The number of hydrogen-bond acceptors (Lipinski definition) is 3. The molecular weight excluding hydrogens is 194 g/mol. The van der Waals surface area contributed by atoms with Gasteiger partial charge in [-0.25, -0.2) is 0 Å². The summed E-state index contributed by atoms with van der Waals surface area (Å²) in [6.45, 7) is 0.604. The summed E-state index contributed by atoms with van der Waals surface area (Å²) in [6, 6.07) is -0.716. The molecule has 12 heavy (non-hydrogen) atoms. The van der Waals surface area contributed by atoms with Gasteiger partial charge in [0.05, 0.1) is 0 Å². The summed E-state index contributed by atoms with van der Waals surface area (Å²) in [4.78, 5) is 10.1. The fourth-order valence-electron chi connectivity index (χ4n) is 0.632. The second-order valence-electron chi connectivity index (χ2n) is 2.23. The molecule has 1 atom stereocenters. The first-order valence-corrected chi connectivity index (χ1v) is 3.37. The van der Waals surface area contributed by atoms with Gasteiger partial charge in [-0.15, -0.1) is 0 Å². The molecule has 0 radical (unpaired) electrons. The Labute approximate surface area is 138 Å². The Morgan fingerprint density at radius 2 is 1.92 bits per heavy atom. The molecule has 0 rings (SSSR count). The molecule has 0 aromatic rings. The fourth-order valence-corrected chi connectivity index (χ4v) is 0.632. The number of carbonyl (C=O) groups is 1. The molecule has 6 heteroatoms. The first kappa shape index (κ1) is 19.6. The molecule has 0 saturated carbocycles. The van der Waals surface area contributed by atoms with Gasteiger partial charge in [-0.2, -0.15) is 0 Å². The number of hydrogen-bond donors (Lipinski definition) is 3. The van der Waals surface area contributed by atoms with Crippen LogP contribution in [0.25, 0.3) is 0 Å². The van der Waals surface area contributed by atoms with E-state index in [-0.39, 0.29) is 80.9 Å². The molecule has 0 aromatic heterocycles. The van der Waals surface area contributed by atoms with Crippen LogP contribution in [-0.4, -0.2) is 105 Å². The molecule has 0 aliphatic rings. The zero-order valence-corrected chi connectivity index (χ0v) is 5.92. The molecule has 0 spiro atoms. The summed E-state index contributed by atoms with van der Waals surface area (Å²) in [5, 5.41) is 8.33. The third kappa shape index (κ3) is 12.0. The molecule has 0 aromatic carbocycles. The van der Waals surface area contributed by atoms with Gasteiger partial charge in [0.2, 0.25) is 0 Å². The monoisotopic (exact) mass is 210 g/mol. The van der Waals surface area contributed by atoms with Gasteiger partial charge >= 0.3 is 86.9 Å². The Hall–Kier alpha value is 2.03. The predicted octanol–water partition coefficient (Wildman–Crippen LogP) is -1.77. The zero-order chi connectivity index (χ0) is 7.98. The Balaban J connectivity index is -0.000000405. The van der Waals surface area contributed by atoms with Crippen LogP contribution in [-0.2, 0) is 4.79 Å². The molecule has 0 amide bonds. The van der Waals surface area contributed by atoms with Crippen molar-refractivity contribution in [1.82, 2.24) is 0 Å². The van der Waals surface area contributed by atoms with Crippen LogP contribution in [0.15, 0.2) is 0 Å². The first-order chi connectivity index (χ1) is 4.68. The van der Waals surface area contributed by atoms with Crippen molar-refractivity contribution < 1.29 is 9.90 Å². The van der Waals surface area contributed by atoms with Gasteiger partial charge in [-0.1, -0.05) is 6.42 Å². The van der Waals surface area contributed by atoms with Crippen molar-refractivity contribution in [3.8, 4) is 0 Å². The molecule has 1 unspecified atom stereocenters. The van der Waals surface area contributed by atoms with Gasteiger partial charge in [0, 0.05) is 0 Å². The molecule has 4 nitrogen and oxygen atoms in total. The third-order valence-electron chi connectivity index (χ3n) is 1.29. The van der Waals surface area contributed by atoms with E-state index in [4.69, 9.17) is 16.6 Å². The van der Waals surface area contributed by atoms with Crippen molar-refractivity contribution in [2.45, 2.75) is 25.3 Å². The van der Waals surface area contributed by atoms with Crippen molar-refractivity contribution in [3.63, 3.8) is 0 Å². The topological polar surface area (TPSA) is 89.3 Å². The van der Waals surface area contributed by atoms with Crippen molar-refractivity contribution in [2.24, 2.45) is 11.5 Å². The molecule has 0 saturated heterocycles. The van der Waals surface area contributed by atoms with Crippen LogP contribution in [0.1, 0.15) is 19.3 Å². The van der Waals surface area contributed by atoms with Crippen molar-refractivity contribution in [2.75, 3.05) is 6.54 Å². The third-order valence-corrected chi connectivity index (χ3v) is 1.29. The molecule has 0 heterocycles. The van der Waals surface area contributed by atoms with Crippen LogP contribution in [0, 0.1) is 0 Å². The van der Waals surface area contributed by atoms with Crippen LogP contribution >= 0.6 is 0 Å². The summed E-state index contributed by atoms with van der Waals surface area (Å²) in [5.41, 5.74) is 10.4. The van der Waals surface area contributed by atoms with Crippen LogP contribution in [0.5, 0.6) is 0 Å². The van der Waals surface area contributed by atoms with E-state index in [1.54, 1.807) is 0 Å². The average Bonchev–Trinajstić information content (AvgIpc) is 1.88. The molecule has 0 bridgehead atoms. The Bertz CT molecular complexity index is 116. The van der Waals surface area contributed by atoms with E-state index in [0.29, 0.717) is 13.0 Å². The van der Waals surface area contributed by atoms with E-state index in [1.807, 2.05) is 0 Å². The molecule has 5 N–H and O–H groups in total. The Morgan fingerprint density at radius 1 is 1.42 bits per heavy atom. The summed E-state index contributed by atoms with van der Waals surface area (Å²) >= 11 is 0. The van der Waals surface area contributed by atoms with Gasteiger partial charge < -0.3 is 16.6 Å². The molecule has 0 aliphatic carbocycles. The normalized spacial score (nSPS) is 10.8. The van der Waals surface area contributed by atoms with E-state index < -0.39 is 12.0 Å².